The zero-order valence-corrected chi connectivity index (χ0v) is 25.5. The topological polar surface area (TPSA) is 140 Å². The van der Waals surface area contributed by atoms with Gasteiger partial charge in [0.25, 0.3) is 0 Å². The summed E-state index contributed by atoms with van der Waals surface area (Å²) >= 11 is 0. The van der Waals surface area contributed by atoms with Crippen molar-refractivity contribution < 1.29 is 38.5 Å². The van der Waals surface area contributed by atoms with Crippen LogP contribution in [0.2, 0.25) is 0 Å². The molecule has 0 unspecified atom stereocenters. The highest BCUT2D eigenvalue weighted by Crippen LogP contribution is 2.31. The summed E-state index contributed by atoms with van der Waals surface area (Å²) in [6.07, 6.45) is 6.39. The van der Waals surface area contributed by atoms with Gasteiger partial charge < -0.3 is 30.0 Å². The summed E-state index contributed by atoms with van der Waals surface area (Å²) in [5.41, 5.74) is -2.41. The third-order valence-electron chi connectivity index (χ3n) is 6.91. The highest BCUT2D eigenvalue weighted by Gasteiger charge is 2.44. The van der Waals surface area contributed by atoms with Gasteiger partial charge in [-0.1, -0.05) is 68.9 Å². The van der Waals surface area contributed by atoms with Crippen LogP contribution in [0.25, 0.3) is 0 Å². The van der Waals surface area contributed by atoms with Gasteiger partial charge in [0.2, 0.25) is 0 Å². The van der Waals surface area contributed by atoms with Gasteiger partial charge in [0, 0.05) is 0 Å². The van der Waals surface area contributed by atoms with Crippen molar-refractivity contribution in [3.8, 4) is 0 Å². The number of aliphatic carboxylic acids is 1. The molecule has 230 valence electrons. The molecule has 2 aliphatic carbocycles. The van der Waals surface area contributed by atoms with E-state index in [1.165, 1.54) is 0 Å². The summed E-state index contributed by atoms with van der Waals surface area (Å²) in [4.78, 5) is 47.8. The summed E-state index contributed by atoms with van der Waals surface area (Å²) in [6.45, 7) is 10.9. The number of hydrogen-bond donors (Lipinski definition) is 3. The minimum atomic E-state index is -1.14. The van der Waals surface area contributed by atoms with Crippen molar-refractivity contribution in [2.75, 3.05) is 0 Å². The lowest BCUT2D eigenvalue weighted by atomic mass is 9.82. The molecule has 41 heavy (non-hydrogen) atoms. The highest BCUT2D eigenvalue weighted by molar-refractivity contribution is 5.86. The molecule has 0 spiro atoms. The standard InChI is InChI=1S/C19H27NO4.C12H21NO4/c1-18(2,3)24-17(22)20-19(12-8-5-9-13-19)16(21)23-14-15-10-6-4-7-11-15;1-11(2,3)17-10(16)13-12(9(14)15)7-5-4-6-8-12/h4,6-7,10-11H,5,8-9,12-14H2,1-3H3,(H,20,22);4-8H2,1-3H3,(H,13,16)(H,14,15). The van der Waals surface area contributed by atoms with Gasteiger partial charge in [-0.05, 0) is 72.8 Å². The second-order valence-corrected chi connectivity index (χ2v) is 12.9. The Morgan fingerprint density at radius 2 is 1.12 bits per heavy atom. The van der Waals surface area contributed by atoms with Crippen LogP contribution in [0.4, 0.5) is 9.59 Å². The maximum Gasteiger partial charge on any atom is 0.408 e. The summed E-state index contributed by atoms with van der Waals surface area (Å²) in [7, 11) is 0. The second-order valence-electron chi connectivity index (χ2n) is 12.9. The highest BCUT2D eigenvalue weighted by atomic mass is 16.6. The van der Waals surface area contributed by atoms with Crippen molar-refractivity contribution in [2.45, 2.75) is 135 Å². The maximum atomic E-state index is 12.7. The molecule has 0 radical (unpaired) electrons. The van der Waals surface area contributed by atoms with E-state index in [-0.39, 0.29) is 12.6 Å². The number of nitrogens with one attached hydrogen (secondary N) is 2. The van der Waals surface area contributed by atoms with Crippen LogP contribution in [-0.2, 0) is 30.4 Å². The Kier molecular flexibility index (Phi) is 12.0. The van der Waals surface area contributed by atoms with Crippen LogP contribution >= 0.6 is 0 Å². The first-order valence-corrected chi connectivity index (χ1v) is 14.5. The van der Waals surface area contributed by atoms with E-state index in [1.807, 2.05) is 30.3 Å². The Morgan fingerprint density at radius 3 is 1.54 bits per heavy atom. The lowest BCUT2D eigenvalue weighted by molar-refractivity contribution is -0.154. The zero-order valence-electron chi connectivity index (χ0n) is 25.5. The van der Waals surface area contributed by atoms with Crippen molar-refractivity contribution in [3.63, 3.8) is 0 Å². The Balaban J connectivity index is 0.000000305. The Hall–Kier alpha value is -3.30. The van der Waals surface area contributed by atoms with Gasteiger partial charge in [-0.15, -0.1) is 0 Å². The fourth-order valence-corrected chi connectivity index (χ4v) is 4.94. The molecule has 2 saturated carbocycles. The summed E-state index contributed by atoms with van der Waals surface area (Å²) in [6, 6.07) is 9.53. The van der Waals surface area contributed by atoms with Gasteiger partial charge in [-0.3, -0.25) is 0 Å². The normalized spacial score (nSPS) is 18.0. The molecular weight excluding hydrogens is 528 g/mol. The number of carbonyl (C=O) groups excluding carboxylic acids is 3. The molecule has 2 aliphatic rings. The van der Waals surface area contributed by atoms with Gasteiger partial charge in [-0.2, -0.15) is 0 Å². The number of alkyl carbamates (subject to hydrolysis) is 2. The van der Waals surface area contributed by atoms with Crippen molar-refractivity contribution in [3.05, 3.63) is 35.9 Å². The van der Waals surface area contributed by atoms with E-state index in [1.54, 1.807) is 41.5 Å². The van der Waals surface area contributed by atoms with Gasteiger partial charge in [0.15, 0.2) is 0 Å². The summed E-state index contributed by atoms with van der Waals surface area (Å²) in [5.74, 6) is -1.35. The van der Waals surface area contributed by atoms with Crippen molar-refractivity contribution in [1.29, 1.82) is 0 Å². The number of hydrogen-bond acceptors (Lipinski definition) is 7. The van der Waals surface area contributed by atoms with Crippen LogP contribution < -0.4 is 10.6 Å². The molecule has 10 nitrogen and oxygen atoms in total. The molecule has 2 fully saturated rings. The molecule has 1 aromatic rings. The molecule has 0 aliphatic heterocycles. The van der Waals surface area contributed by atoms with Gasteiger partial charge in [0.05, 0.1) is 0 Å². The van der Waals surface area contributed by atoms with E-state index in [0.29, 0.717) is 25.7 Å². The molecule has 0 atom stereocenters. The average molecular weight is 577 g/mol. The molecule has 3 rings (SSSR count). The van der Waals surface area contributed by atoms with Crippen LogP contribution in [0.5, 0.6) is 0 Å². The van der Waals surface area contributed by atoms with E-state index < -0.39 is 40.4 Å². The maximum absolute atomic E-state index is 12.7. The number of carbonyl (C=O) groups is 4. The fraction of sp³-hybridized carbons (Fsp3) is 0.677. The van der Waals surface area contributed by atoms with Crippen molar-refractivity contribution >= 4 is 24.1 Å². The molecule has 0 saturated heterocycles. The SMILES string of the molecule is CC(C)(C)OC(=O)NC1(C(=O)O)CCCCC1.CC(C)(C)OC(=O)NC1(C(=O)OCc2ccccc2)CCCCC1. The monoisotopic (exact) mass is 576 g/mol. The van der Waals surface area contributed by atoms with Crippen LogP contribution in [0.15, 0.2) is 30.3 Å². The van der Waals surface area contributed by atoms with E-state index in [4.69, 9.17) is 14.2 Å². The van der Waals surface area contributed by atoms with E-state index >= 15 is 0 Å². The largest absolute Gasteiger partial charge is 0.480 e. The van der Waals surface area contributed by atoms with Gasteiger partial charge >= 0.3 is 24.1 Å². The third-order valence-corrected chi connectivity index (χ3v) is 6.91. The number of esters is 1. The molecule has 0 bridgehead atoms. The van der Waals surface area contributed by atoms with Gasteiger partial charge in [0.1, 0.15) is 28.9 Å². The second kappa shape index (κ2) is 14.5. The number of amides is 2. The van der Waals surface area contributed by atoms with Gasteiger partial charge in [-0.25, -0.2) is 19.2 Å². The lowest BCUT2D eigenvalue weighted by Gasteiger charge is -2.36. The number of carboxylic acids is 1. The predicted octanol–water partition coefficient (Wildman–Crippen LogP) is 6.26. The molecule has 1 aromatic carbocycles. The smallest absolute Gasteiger partial charge is 0.408 e. The van der Waals surface area contributed by atoms with Crippen molar-refractivity contribution in [1.82, 2.24) is 10.6 Å². The number of carboxylic acid groups (broad SMARTS) is 1. The number of benzene rings is 1. The van der Waals surface area contributed by atoms with E-state index in [0.717, 1.165) is 44.1 Å². The van der Waals surface area contributed by atoms with Crippen LogP contribution in [0, 0.1) is 0 Å². The lowest BCUT2D eigenvalue weighted by Crippen LogP contribution is -2.57. The Labute approximate surface area is 243 Å². The minimum Gasteiger partial charge on any atom is -0.480 e. The summed E-state index contributed by atoms with van der Waals surface area (Å²) < 4.78 is 15.9. The Morgan fingerprint density at radius 1 is 0.707 bits per heavy atom. The summed E-state index contributed by atoms with van der Waals surface area (Å²) in [5, 5.41) is 14.6. The van der Waals surface area contributed by atoms with E-state index in [2.05, 4.69) is 10.6 Å². The van der Waals surface area contributed by atoms with Crippen LogP contribution in [0.3, 0.4) is 0 Å². The fourth-order valence-electron chi connectivity index (χ4n) is 4.94. The average Bonchev–Trinajstić information content (AvgIpc) is 2.87. The predicted molar refractivity (Wildman–Crippen MR) is 154 cm³/mol. The molecular formula is C31H48N2O8. The minimum absolute atomic E-state index is 0.206. The first-order chi connectivity index (χ1) is 19.1. The van der Waals surface area contributed by atoms with E-state index in [9.17, 15) is 24.3 Å². The quantitative estimate of drug-likeness (QED) is 0.266. The molecule has 0 aromatic heterocycles. The molecule has 0 heterocycles. The van der Waals surface area contributed by atoms with Crippen LogP contribution in [-0.4, -0.2) is 51.5 Å². The first-order valence-electron chi connectivity index (χ1n) is 14.5. The Bertz CT molecular complexity index is 1010. The van der Waals surface area contributed by atoms with Crippen LogP contribution in [0.1, 0.15) is 111 Å². The third kappa shape index (κ3) is 11.6. The number of rotatable bonds is 6. The molecule has 2 amide bonds. The van der Waals surface area contributed by atoms with Crippen molar-refractivity contribution in [2.24, 2.45) is 0 Å². The molecule has 3 N–H and O–H groups in total. The number of ether oxygens (including phenoxy) is 3. The zero-order chi connectivity index (χ0) is 30.7. The molecule has 10 heteroatoms. The first kappa shape index (κ1) is 33.9.